The van der Waals surface area contributed by atoms with Gasteiger partial charge >= 0.3 is 5.97 Å². The number of carbonyl (C=O) groups is 1. The van der Waals surface area contributed by atoms with Crippen LogP contribution in [-0.2, 0) is 0 Å². The molecule has 0 amide bonds. The van der Waals surface area contributed by atoms with E-state index in [1.165, 1.54) is 6.20 Å². The van der Waals surface area contributed by atoms with Gasteiger partial charge < -0.3 is 10.0 Å². The highest BCUT2D eigenvalue weighted by molar-refractivity contribution is 7.99. The number of halogens is 1. The average molecular weight is 260 g/mol. The number of aromatic carboxylic acids is 1. The predicted octanol–water partition coefficient (Wildman–Crippen LogP) is 1.38. The van der Waals surface area contributed by atoms with E-state index in [9.17, 15) is 4.79 Å². The van der Waals surface area contributed by atoms with Gasteiger partial charge in [-0.3, -0.25) is 0 Å². The van der Waals surface area contributed by atoms with Crippen molar-refractivity contribution < 1.29 is 9.90 Å². The maximum Gasteiger partial charge on any atom is 0.356 e. The van der Waals surface area contributed by atoms with Crippen molar-refractivity contribution in [1.29, 1.82) is 0 Å². The van der Waals surface area contributed by atoms with Crippen molar-refractivity contribution >= 4 is 35.3 Å². The van der Waals surface area contributed by atoms with Crippen LogP contribution in [0.15, 0.2) is 6.20 Å². The molecular formula is C9H10ClN3O2S. The van der Waals surface area contributed by atoms with Gasteiger partial charge in [-0.25, -0.2) is 14.8 Å². The lowest BCUT2D eigenvalue weighted by atomic mass is 10.4. The molecule has 0 aliphatic carbocycles. The van der Waals surface area contributed by atoms with Crippen LogP contribution in [0.5, 0.6) is 0 Å². The van der Waals surface area contributed by atoms with E-state index in [-0.39, 0.29) is 10.7 Å². The Morgan fingerprint density at radius 1 is 1.50 bits per heavy atom. The van der Waals surface area contributed by atoms with Crippen LogP contribution in [0.25, 0.3) is 0 Å². The zero-order valence-corrected chi connectivity index (χ0v) is 9.96. The summed E-state index contributed by atoms with van der Waals surface area (Å²) in [6, 6.07) is 0. The predicted molar refractivity (Wildman–Crippen MR) is 63.5 cm³/mol. The first-order chi connectivity index (χ1) is 7.68. The number of nitrogens with zero attached hydrogens (tertiary/aromatic N) is 3. The van der Waals surface area contributed by atoms with E-state index >= 15 is 0 Å². The van der Waals surface area contributed by atoms with Crippen molar-refractivity contribution in [3.05, 3.63) is 16.9 Å². The molecule has 7 heteroatoms. The average Bonchev–Trinajstić information content (AvgIpc) is 2.30. The summed E-state index contributed by atoms with van der Waals surface area (Å²) in [6.07, 6.45) is 1.34. The van der Waals surface area contributed by atoms with Gasteiger partial charge in [-0.1, -0.05) is 11.6 Å². The maximum absolute atomic E-state index is 10.9. The minimum absolute atomic E-state index is 0.0719. The highest BCUT2D eigenvalue weighted by atomic mass is 35.5. The third-order valence-corrected chi connectivity index (χ3v) is 3.45. The molecule has 1 fully saturated rings. The van der Waals surface area contributed by atoms with Crippen molar-refractivity contribution in [2.24, 2.45) is 0 Å². The summed E-state index contributed by atoms with van der Waals surface area (Å²) in [5.74, 6) is 1.34. The lowest BCUT2D eigenvalue weighted by Crippen LogP contribution is -2.34. The smallest absolute Gasteiger partial charge is 0.356 e. The number of carboxylic acids is 1. The summed E-state index contributed by atoms with van der Waals surface area (Å²) < 4.78 is 0. The topological polar surface area (TPSA) is 66.3 Å². The van der Waals surface area contributed by atoms with Crippen LogP contribution in [0.2, 0.25) is 5.02 Å². The number of rotatable bonds is 2. The van der Waals surface area contributed by atoms with Gasteiger partial charge in [0.05, 0.1) is 11.2 Å². The van der Waals surface area contributed by atoms with Gasteiger partial charge in [0.1, 0.15) is 0 Å². The SMILES string of the molecule is O=C(O)c1nc(N2CCSCC2)ncc1Cl. The van der Waals surface area contributed by atoms with Crippen LogP contribution >= 0.6 is 23.4 Å². The van der Waals surface area contributed by atoms with Crippen LogP contribution < -0.4 is 4.90 Å². The minimum atomic E-state index is -1.12. The van der Waals surface area contributed by atoms with Crippen molar-refractivity contribution in [3.8, 4) is 0 Å². The molecule has 0 radical (unpaired) electrons. The van der Waals surface area contributed by atoms with Crippen molar-refractivity contribution in [2.75, 3.05) is 29.5 Å². The molecule has 16 heavy (non-hydrogen) atoms. The number of hydrogen-bond acceptors (Lipinski definition) is 5. The fourth-order valence-electron chi connectivity index (χ4n) is 1.42. The first-order valence-corrected chi connectivity index (χ1v) is 6.30. The molecule has 0 bridgehead atoms. The van der Waals surface area contributed by atoms with Crippen LogP contribution in [0.4, 0.5) is 5.95 Å². The van der Waals surface area contributed by atoms with Gasteiger partial charge in [-0.05, 0) is 0 Å². The second-order valence-corrected chi connectivity index (χ2v) is 4.90. The van der Waals surface area contributed by atoms with E-state index < -0.39 is 5.97 Å². The third kappa shape index (κ3) is 2.38. The molecular weight excluding hydrogens is 250 g/mol. The van der Waals surface area contributed by atoms with Gasteiger partial charge in [0, 0.05) is 24.6 Å². The molecule has 0 unspecified atom stereocenters. The lowest BCUT2D eigenvalue weighted by molar-refractivity contribution is 0.0690. The van der Waals surface area contributed by atoms with Crippen LogP contribution in [0, 0.1) is 0 Å². The summed E-state index contributed by atoms with van der Waals surface area (Å²) in [5.41, 5.74) is -0.134. The Morgan fingerprint density at radius 3 is 2.81 bits per heavy atom. The van der Waals surface area contributed by atoms with E-state index in [2.05, 4.69) is 9.97 Å². The molecule has 2 heterocycles. The van der Waals surface area contributed by atoms with E-state index in [1.54, 1.807) is 0 Å². The fraction of sp³-hybridized carbons (Fsp3) is 0.444. The molecule has 0 aromatic carbocycles. The standard InChI is InChI=1S/C9H10ClN3O2S/c10-6-5-11-9(12-7(6)8(14)15)13-1-3-16-4-2-13/h5H,1-4H2,(H,14,15). The zero-order valence-electron chi connectivity index (χ0n) is 8.39. The number of carboxylic acid groups (broad SMARTS) is 1. The summed E-state index contributed by atoms with van der Waals surface area (Å²) in [4.78, 5) is 20.9. The summed E-state index contributed by atoms with van der Waals surface area (Å²) in [6.45, 7) is 1.68. The molecule has 5 nitrogen and oxygen atoms in total. The maximum atomic E-state index is 10.9. The second kappa shape index (κ2) is 4.88. The quantitative estimate of drug-likeness (QED) is 0.866. The number of hydrogen-bond donors (Lipinski definition) is 1. The van der Waals surface area contributed by atoms with Crippen LogP contribution in [-0.4, -0.2) is 45.6 Å². The normalized spacial score (nSPS) is 16.2. The summed E-state index contributed by atoms with van der Waals surface area (Å²) in [7, 11) is 0. The first-order valence-electron chi connectivity index (χ1n) is 4.77. The molecule has 1 aliphatic heterocycles. The minimum Gasteiger partial charge on any atom is -0.476 e. The largest absolute Gasteiger partial charge is 0.476 e. The molecule has 0 atom stereocenters. The molecule has 1 aromatic rings. The van der Waals surface area contributed by atoms with Crippen molar-refractivity contribution in [3.63, 3.8) is 0 Å². The molecule has 0 saturated carbocycles. The monoisotopic (exact) mass is 259 g/mol. The summed E-state index contributed by atoms with van der Waals surface area (Å²) >= 11 is 7.57. The lowest BCUT2D eigenvalue weighted by Gasteiger charge is -2.26. The van der Waals surface area contributed by atoms with Gasteiger partial charge in [0.25, 0.3) is 0 Å². The van der Waals surface area contributed by atoms with Gasteiger partial charge in [0.15, 0.2) is 5.69 Å². The molecule has 1 saturated heterocycles. The van der Waals surface area contributed by atoms with E-state index in [1.807, 2.05) is 16.7 Å². The molecule has 86 valence electrons. The molecule has 1 aliphatic rings. The van der Waals surface area contributed by atoms with E-state index in [0.29, 0.717) is 5.95 Å². The molecule has 0 spiro atoms. The van der Waals surface area contributed by atoms with Gasteiger partial charge in [-0.2, -0.15) is 11.8 Å². The molecule has 1 N–H and O–H groups in total. The van der Waals surface area contributed by atoms with Crippen molar-refractivity contribution in [1.82, 2.24) is 9.97 Å². The number of aromatic nitrogens is 2. The molecule has 1 aromatic heterocycles. The zero-order chi connectivity index (χ0) is 11.5. The Kier molecular flexibility index (Phi) is 3.50. The molecule has 2 rings (SSSR count). The Bertz CT molecular complexity index is 410. The van der Waals surface area contributed by atoms with Crippen molar-refractivity contribution in [2.45, 2.75) is 0 Å². The van der Waals surface area contributed by atoms with E-state index in [0.717, 1.165) is 24.6 Å². The highest BCUT2D eigenvalue weighted by Crippen LogP contribution is 2.19. The van der Waals surface area contributed by atoms with Gasteiger partial charge in [0.2, 0.25) is 5.95 Å². The fourth-order valence-corrected chi connectivity index (χ4v) is 2.50. The van der Waals surface area contributed by atoms with E-state index in [4.69, 9.17) is 16.7 Å². The summed E-state index contributed by atoms with van der Waals surface area (Å²) in [5, 5.41) is 8.96. The Morgan fingerprint density at radius 2 is 2.19 bits per heavy atom. The Labute approximate surface area is 102 Å². The first kappa shape index (κ1) is 11.5. The highest BCUT2D eigenvalue weighted by Gasteiger charge is 2.18. The second-order valence-electron chi connectivity index (χ2n) is 3.27. The van der Waals surface area contributed by atoms with Crippen LogP contribution in [0.3, 0.4) is 0 Å². The number of thioether (sulfide) groups is 1. The Balaban J connectivity index is 2.27. The third-order valence-electron chi connectivity index (χ3n) is 2.23. The van der Waals surface area contributed by atoms with Crippen LogP contribution in [0.1, 0.15) is 10.5 Å². The van der Waals surface area contributed by atoms with Gasteiger partial charge in [-0.15, -0.1) is 0 Å². The number of anilines is 1. The Hall–Kier alpha value is -1.01.